The van der Waals surface area contributed by atoms with E-state index in [-0.39, 0.29) is 30.0 Å². The van der Waals surface area contributed by atoms with E-state index < -0.39 is 5.82 Å². The van der Waals surface area contributed by atoms with Gasteiger partial charge in [-0.15, -0.1) is 10.2 Å². The number of hydrogen-bond donors (Lipinski definition) is 2. The summed E-state index contributed by atoms with van der Waals surface area (Å²) in [5.74, 6) is 0.0285. The van der Waals surface area contributed by atoms with Crippen LogP contribution in [0.4, 0.5) is 4.39 Å². The smallest absolute Gasteiger partial charge is 0.270 e. The van der Waals surface area contributed by atoms with Crippen LogP contribution in [0.15, 0.2) is 30.3 Å². The third-order valence-electron chi connectivity index (χ3n) is 5.50. The minimum atomic E-state index is -0.461. The maximum Gasteiger partial charge on any atom is 0.270 e. The lowest BCUT2D eigenvalue weighted by molar-refractivity contribution is 0.0945. The standard InChI is InChI=1S/C22H25FN6O3/c1-13-7-16(21-26-28-29(27-21)12-15-3-5-17(30)8-15)10-19(25-13)22(31)24-11-14-4-6-18(23)20(9-14)32-2/h4,6-7,9-10,15,17,30H,3,5,8,11-12H2,1-2H3,(H,24,31)/t15-,17+/m1/s1. The Morgan fingerprint density at radius 2 is 2.16 bits per heavy atom. The monoisotopic (exact) mass is 440 g/mol. The lowest BCUT2D eigenvalue weighted by Gasteiger charge is -2.09. The first kappa shape index (κ1) is 21.8. The van der Waals surface area contributed by atoms with Crippen molar-refractivity contribution in [1.82, 2.24) is 30.5 Å². The number of nitrogens with zero attached hydrogens (tertiary/aromatic N) is 5. The van der Waals surface area contributed by atoms with Gasteiger partial charge in [-0.1, -0.05) is 6.07 Å². The number of nitrogens with one attached hydrogen (secondary N) is 1. The van der Waals surface area contributed by atoms with Crippen molar-refractivity contribution in [1.29, 1.82) is 0 Å². The molecular formula is C22H25FN6O3. The van der Waals surface area contributed by atoms with Crippen LogP contribution in [0.25, 0.3) is 11.4 Å². The van der Waals surface area contributed by atoms with Crippen LogP contribution in [0.1, 0.15) is 41.0 Å². The molecule has 0 bridgehead atoms. The minimum Gasteiger partial charge on any atom is -0.494 e. The molecule has 10 heteroatoms. The van der Waals surface area contributed by atoms with Gasteiger partial charge in [0.25, 0.3) is 5.91 Å². The summed E-state index contributed by atoms with van der Waals surface area (Å²) in [6.45, 7) is 2.58. The van der Waals surface area contributed by atoms with Gasteiger partial charge in [-0.3, -0.25) is 4.79 Å². The molecule has 1 aromatic carbocycles. The molecule has 168 valence electrons. The highest BCUT2D eigenvalue weighted by Crippen LogP contribution is 2.26. The summed E-state index contributed by atoms with van der Waals surface area (Å²) < 4.78 is 18.5. The van der Waals surface area contributed by atoms with Gasteiger partial charge in [0.1, 0.15) is 5.69 Å². The van der Waals surface area contributed by atoms with Crippen LogP contribution in [0.3, 0.4) is 0 Å². The summed E-state index contributed by atoms with van der Waals surface area (Å²) in [5.41, 5.74) is 2.21. The summed E-state index contributed by atoms with van der Waals surface area (Å²) >= 11 is 0. The number of methoxy groups -OCH3 is 1. The molecule has 1 aliphatic carbocycles. The van der Waals surface area contributed by atoms with Crippen LogP contribution < -0.4 is 10.1 Å². The number of aliphatic hydroxyl groups excluding tert-OH is 1. The Morgan fingerprint density at radius 3 is 2.91 bits per heavy atom. The van der Waals surface area contributed by atoms with E-state index in [0.29, 0.717) is 35.1 Å². The molecule has 9 nitrogen and oxygen atoms in total. The predicted molar refractivity (Wildman–Crippen MR) is 113 cm³/mol. The Hall–Kier alpha value is -3.40. The number of carbonyl (C=O) groups is 1. The first-order valence-corrected chi connectivity index (χ1v) is 10.5. The zero-order valence-electron chi connectivity index (χ0n) is 18.0. The molecule has 1 saturated carbocycles. The van der Waals surface area contributed by atoms with E-state index in [4.69, 9.17) is 4.74 Å². The van der Waals surface area contributed by atoms with Crippen molar-refractivity contribution >= 4 is 5.91 Å². The number of carbonyl (C=O) groups excluding carboxylic acids is 1. The summed E-state index contributed by atoms with van der Waals surface area (Å²) in [5, 5.41) is 25.2. The zero-order chi connectivity index (χ0) is 22.7. The quantitative estimate of drug-likeness (QED) is 0.579. The zero-order valence-corrected chi connectivity index (χ0v) is 18.0. The molecule has 1 amide bonds. The fraction of sp³-hybridized carbons (Fsp3) is 0.409. The number of hydrogen-bond acceptors (Lipinski definition) is 7. The fourth-order valence-electron chi connectivity index (χ4n) is 3.88. The van der Waals surface area contributed by atoms with E-state index in [1.807, 2.05) is 0 Å². The molecule has 0 spiro atoms. The lowest BCUT2D eigenvalue weighted by atomic mass is 10.1. The average molecular weight is 440 g/mol. The molecule has 4 rings (SSSR count). The van der Waals surface area contributed by atoms with Gasteiger partial charge < -0.3 is 15.2 Å². The number of tetrazole rings is 1. The van der Waals surface area contributed by atoms with Gasteiger partial charge in [0, 0.05) is 17.8 Å². The van der Waals surface area contributed by atoms with Crippen LogP contribution in [0.2, 0.25) is 0 Å². The number of aryl methyl sites for hydroxylation is 1. The van der Waals surface area contributed by atoms with Gasteiger partial charge in [-0.25, -0.2) is 9.37 Å². The van der Waals surface area contributed by atoms with Gasteiger partial charge in [-0.2, -0.15) is 4.80 Å². The van der Waals surface area contributed by atoms with Crippen molar-refractivity contribution in [2.45, 2.75) is 45.4 Å². The molecule has 2 N–H and O–H groups in total. The molecule has 0 radical (unpaired) electrons. The molecule has 1 fully saturated rings. The number of amides is 1. The third kappa shape index (κ3) is 5.08. The summed E-state index contributed by atoms with van der Waals surface area (Å²) in [6, 6.07) is 7.83. The highest BCUT2D eigenvalue weighted by atomic mass is 19.1. The van der Waals surface area contributed by atoms with Crippen molar-refractivity contribution in [2.24, 2.45) is 5.92 Å². The van der Waals surface area contributed by atoms with Gasteiger partial charge in [0.2, 0.25) is 5.82 Å². The van der Waals surface area contributed by atoms with E-state index >= 15 is 0 Å². The number of halogens is 1. The first-order chi connectivity index (χ1) is 15.4. The molecule has 1 aliphatic rings. The van der Waals surface area contributed by atoms with E-state index in [1.165, 1.54) is 24.0 Å². The second-order valence-corrected chi connectivity index (χ2v) is 8.03. The largest absolute Gasteiger partial charge is 0.494 e. The number of aliphatic hydroxyl groups is 1. The van der Waals surface area contributed by atoms with Gasteiger partial charge >= 0.3 is 0 Å². The molecule has 0 unspecified atom stereocenters. The van der Waals surface area contributed by atoms with Crippen LogP contribution in [-0.2, 0) is 13.1 Å². The fourth-order valence-corrected chi connectivity index (χ4v) is 3.88. The Balaban J connectivity index is 1.45. The highest BCUT2D eigenvalue weighted by molar-refractivity contribution is 5.93. The Labute approximate surface area is 184 Å². The van der Waals surface area contributed by atoms with Crippen LogP contribution in [-0.4, -0.2) is 49.4 Å². The molecule has 3 aromatic rings. The second kappa shape index (κ2) is 9.39. The normalized spacial score (nSPS) is 18.0. The predicted octanol–water partition coefficient (Wildman–Crippen LogP) is 2.28. The molecule has 2 atom stereocenters. The van der Waals surface area contributed by atoms with Crippen molar-refractivity contribution in [3.63, 3.8) is 0 Å². The Kier molecular flexibility index (Phi) is 6.40. The third-order valence-corrected chi connectivity index (χ3v) is 5.50. The molecule has 0 saturated heterocycles. The molecule has 2 heterocycles. The number of rotatable bonds is 7. The number of aromatic nitrogens is 5. The van der Waals surface area contributed by atoms with Crippen LogP contribution in [0, 0.1) is 18.7 Å². The van der Waals surface area contributed by atoms with E-state index in [2.05, 4.69) is 25.7 Å². The highest BCUT2D eigenvalue weighted by Gasteiger charge is 2.24. The van der Waals surface area contributed by atoms with E-state index in [1.54, 1.807) is 25.1 Å². The average Bonchev–Trinajstić information content (AvgIpc) is 3.41. The number of pyridine rings is 1. The maximum atomic E-state index is 13.6. The summed E-state index contributed by atoms with van der Waals surface area (Å²) in [7, 11) is 1.39. The van der Waals surface area contributed by atoms with Gasteiger partial charge in [0.05, 0.1) is 19.8 Å². The van der Waals surface area contributed by atoms with Crippen molar-refractivity contribution in [3.05, 3.63) is 53.1 Å². The summed E-state index contributed by atoms with van der Waals surface area (Å²) in [6.07, 6.45) is 2.24. The van der Waals surface area contributed by atoms with E-state index in [0.717, 1.165) is 19.3 Å². The lowest BCUT2D eigenvalue weighted by Crippen LogP contribution is -2.24. The topological polar surface area (TPSA) is 115 Å². The van der Waals surface area contributed by atoms with Crippen molar-refractivity contribution in [2.75, 3.05) is 7.11 Å². The van der Waals surface area contributed by atoms with Crippen molar-refractivity contribution < 1.29 is 19.0 Å². The van der Waals surface area contributed by atoms with Crippen LogP contribution in [0.5, 0.6) is 5.75 Å². The number of ether oxygens (including phenoxy) is 1. The Bertz CT molecular complexity index is 1120. The van der Waals surface area contributed by atoms with Crippen molar-refractivity contribution in [3.8, 4) is 17.1 Å². The van der Waals surface area contributed by atoms with Gasteiger partial charge in [0.15, 0.2) is 11.6 Å². The van der Waals surface area contributed by atoms with Crippen LogP contribution >= 0.6 is 0 Å². The molecule has 2 aromatic heterocycles. The number of benzene rings is 1. The van der Waals surface area contributed by atoms with Gasteiger partial charge in [-0.05, 0) is 67.1 Å². The second-order valence-electron chi connectivity index (χ2n) is 8.03. The maximum absolute atomic E-state index is 13.6. The Morgan fingerprint density at radius 1 is 1.31 bits per heavy atom. The summed E-state index contributed by atoms with van der Waals surface area (Å²) in [4.78, 5) is 18.5. The molecule has 32 heavy (non-hydrogen) atoms. The molecule has 0 aliphatic heterocycles. The first-order valence-electron chi connectivity index (χ1n) is 10.5. The van der Waals surface area contributed by atoms with E-state index in [9.17, 15) is 14.3 Å². The SMILES string of the molecule is COc1cc(CNC(=O)c2cc(-c3nnn(C[C@@H]4CC[C@H](O)C4)n3)cc(C)n2)ccc1F. The molecular weight excluding hydrogens is 415 g/mol. The minimum absolute atomic E-state index is 0.119.